The van der Waals surface area contributed by atoms with E-state index in [1.165, 1.54) is 42.1 Å². The number of rotatable bonds is 3. The Morgan fingerprint density at radius 2 is 1.14 bits per heavy atom. The molecule has 11 aromatic rings. The van der Waals surface area contributed by atoms with E-state index in [2.05, 4.69) is 144 Å². The van der Waals surface area contributed by atoms with E-state index < -0.39 is 0 Å². The van der Waals surface area contributed by atoms with E-state index in [1.807, 2.05) is 23.5 Å². The Balaban J connectivity index is 1.29. The fourth-order valence-corrected chi connectivity index (χ4v) is 8.91. The molecule has 49 heavy (non-hydrogen) atoms. The molecule has 0 amide bonds. The van der Waals surface area contributed by atoms with E-state index >= 15 is 0 Å². The van der Waals surface area contributed by atoms with Gasteiger partial charge in [0.25, 0.3) is 0 Å². The molecule has 0 saturated carbocycles. The Morgan fingerprint density at radius 3 is 2.00 bits per heavy atom. The van der Waals surface area contributed by atoms with Crippen LogP contribution in [-0.4, -0.2) is 14.5 Å². The third kappa shape index (κ3) is 3.79. The van der Waals surface area contributed by atoms with Gasteiger partial charge >= 0.3 is 0 Å². The summed E-state index contributed by atoms with van der Waals surface area (Å²) in [5.74, 6) is 0.638. The van der Waals surface area contributed by atoms with Crippen molar-refractivity contribution < 1.29 is 4.42 Å². The molecular weight excluding hydrogens is 619 g/mol. The van der Waals surface area contributed by atoms with Gasteiger partial charge in [-0.15, -0.1) is 11.3 Å². The quantitative estimate of drug-likeness (QED) is 0.192. The number of thiophene rings is 1. The Morgan fingerprint density at radius 1 is 0.490 bits per heavy atom. The lowest BCUT2D eigenvalue weighted by atomic mass is 10.0. The highest BCUT2D eigenvalue weighted by Crippen LogP contribution is 2.50. The van der Waals surface area contributed by atoms with Crippen LogP contribution in [0.25, 0.3) is 103 Å². The molecule has 0 unspecified atom stereocenters. The van der Waals surface area contributed by atoms with Gasteiger partial charge in [-0.05, 0) is 35.4 Å². The summed E-state index contributed by atoms with van der Waals surface area (Å²) in [6.45, 7) is 0. The fraction of sp³-hybridized carbons (Fsp3) is 0. The van der Waals surface area contributed by atoms with Gasteiger partial charge in [-0.25, -0.2) is 9.97 Å². The van der Waals surface area contributed by atoms with Gasteiger partial charge in [-0.2, -0.15) is 0 Å². The van der Waals surface area contributed by atoms with Gasteiger partial charge in [0.15, 0.2) is 0 Å². The third-order valence-electron chi connectivity index (χ3n) is 9.81. The lowest BCUT2D eigenvalue weighted by molar-refractivity contribution is 0.673. The zero-order valence-corrected chi connectivity index (χ0v) is 26.9. The van der Waals surface area contributed by atoms with Crippen molar-refractivity contribution in [2.45, 2.75) is 0 Å². The number of hydrogen-bond donors (Lipinski definition) is 0. The summed E-state index contributed by atoms with van der Waals surface area (Å²) in [4.78, 5) is 10.7. The molecule has 0 saturated heterocycles. The SMILES string of the molecule is c1ccc(-c2ccc(-c3nc(-n4c5ccccc5c5c6sc7ccccc7c6c6oc7ccccc7c6c54)nc4ccccc34)cc2)cc1. The number of para-hydroxylation sites is 3. The highest BCUT2D eigenvalue weighted by molar-refractivity contribution is 7.27. The van der Waals surface area contributed by atoms with Crippen molar-refractivity contribution in [2.24, 2.45) is 0 Å². The minimum atomic E-state index is 0.638. The fourth-order valence-electron chi connectivity index (χ4n) is 7.65. The number of furan rings is 1. The van der Waals surface area contributed by atoms with E-state index in [4.69, 9.17) is 14.4 Å². The standard InChI is InChI=1S/C44H25N3OS/c1-2-12-26(13-3-1)27-22-24-28(25-23-27)40-29-14-4-8-18-33(29)45-44(46-40)47-34-19-9-5-15-30(34)38-41(47)37-31-16-6-10-20-35(31)48-42(37)39-32-17-7-11-21-36(32)49-43(38)39/h1-25H. The van der Waals surface area contributed by atoms with Gasteiger partial charge in [-0.3, -0.25) is 4.57 Å². The number of nitrogens with zero attached hydrogens (tertiary/aromatic N) is 3. The highest BCUT2D eigenvalue weighted by atomic mass is 32.1. The monoisotopic (exact) mass is 643 g/mol. The van der Waals surface area contributed by atoms with Gasteiger partial charge < -0.3 is 4.42 Å². The molecule has 0 aliphatic rings. The molecule has 4 aromatic heterocycles. The first-order chi connectivity index (χ1) is 24.3. The number of hydrogen-bond acceptors (Lipinski definition) is 4. The highest BCUT2D eigenvalue weighted by Gasteiger charge is 2.26. The molecule has 0 aliphatic heterocycles. The van der Waals surface area contributed by atoms with Crippen LogP contribution in [0.15, 0.2) is 156 Å². The van der Waals surface area contributed by atoms with Crippen LogP contribution in [0.3, 0.4) is 0 Å². The normalized spacial score (nSPS) is 12.1. The van der Waals surface area contributed by atoms with Crippen molar-refractivity contribution in [1.82, 2.24) is 14.5 Å². The molecule has 0 radical (unpaired) electrons. The molecule has 228 valence electrons. The van der Waals surface area contributed by atoms with Crippen molar-refractivity contribution in [3.8, 4) is 28.3 Å². The van der Waals surface area contributed by atoms with E-state index in [9.17, 15) is 0 Å². The molecule has 0 N–H and O–H groups in total. The first kappa shape index (κ1) is 26.7. The second-order valence-corrected chi connectivity index (χ2v) is 13.6. The van der Waals surface area contributed by atoms with Crippen molar-refractivity contribution in [3.05, 3.63) is 152 Å². The summed E-state index contributed by atoms with van der Waals surface area (Å²) < 4.78 is 11.5. The van der Waals surface area contributed by atoms with Crippen molar-refractivity contribution in [3.63, 3.8) is 0 Å². The molecule has 7 aromatic carbocycles. The Hall–Kier alpha value is -6.30. The summed E-state index contributed by atoms with van der Waals surface area (Å²) in [6.07, 6.45) is 0. The Bertz CT molecular complexity index is 3070. The van der Waals surface area contributed by atoms with E-state index in [1.54, 1.807) is 0 Å². The topological polar surface area (TPSA) is 43.9 Å². The van der Waals surface area contributed by atoms with Crippen molar-refractivity contribution in [2.75, 3.05) is 0 Å². The van der Waals surface area contributed by atoms with Crippen LogP contribution in [0.1, 0.15) is 0 Å². The first-order valence-corrected chi connectivity index (χ1v) is 17.2. The molecule has 4 heterocycles. The Kier molecular flexibility index (Phi) is 5.51. The minimum absolute atomic E-state index is 0.638. The second kappa shape index (κ2) is 10.1. The van der Waals surface area contributed by atoms with E-state index in [0.717, 1.165) is 55.1 Å². The lowest BCUT2D eigenvalue weighted by Gasteiger charge is -2.12. The Labute approximate surface area is 284 Å². The summed E-state index contributed by atoms with van der Waals surface area (Å²) in [5.41, 5.74) is 9.13. The van der Waals surface area contributed by atoms with Crippen LogP contribution < -0.4 is 0 Å². The predicted molar refractivity (Wildman–Crippen MR) is 205 cm³/mol. The molecule has 0 atom stereocenters. The third-order valence-corrected chi connectivity index (χ3v) is 11.0. The lowest BCUT2D eigenvalue weighted by Crippen LogP contribution is -2.03. The second-order valence-electron chi connectivity index (χ2n) is 12.5. The smallest absolute Gasteiger partial charge is 0.235 e. The van der Waals surface area contributed by atoms with Gasteiger partial charge in [0.1, 0.15) is 11.2 Å². The molecule has 5 heteroatoms. The van der Waals surface area contributed by atoms with Crippen molar-refractivity contribution in [1.29, 1.82) is 0 Å². The van der Waals surface area contributed by atoms with Crippen LogP contribution in [0, 0.1) is 0 Å². The van der Waals surface area contributed by atoms with Crippen LogP contribution in [-0.2, 0) is 0 Å². The van der Waals surface area contributed by atoms with Crippen molar-refractivity contribution >= 4 is 86.2 Å². The first-order valence-electron chi connectivity index (χ1n) is 16.4. The number of fused-ring (bicyclic) bond motifs is 13. The molecular formula is C44H25N3OS. The number of aromatic nitrogens is 3. The van der Waals surface area contributed by atoms with Crippen LogP contribution in [0.4, 0.5) is 0 Å². The molecule has 0 fully saturated rings. The van der Waals surface area contributed by atoms with Crippen LogP contribution in [0.5, 0.6) is 0 Å². The average molecular weight is 644 g/mol. The molecule has 11 rings (SSSR count). The van der Waals surface area contributed by atoms with E-state index in [-0.39, 0.29) is 0 Å². The van der Waals surface area contributed by atoms with Crippen LogP contribution >= 0.6 is 11.3 Å². The molecule has 4 nitrogen and oxygen atoms in total. The zero-order chi connectivity index (χ0) is 32.1. The van der Waals surface area contributed by atoms with Gasteiger partial charge in [0.2, 0.25) is 5.95 Å². The maximum Gasteiger partial charge on any atom is 0.235 e. The van der Waals surface area contributed by atoms with Gasteiger partial charge in [0.05, 0.1) is 27.6 Å². The van der Waals surface area contributed by atoms with Crippen LogP contribution in [0.2, 0.25) is 0 Å². The average Bonchev–Trinajstić information content (AvgIpc) is 3.84. The molecule has 0 spiro atoms. The van der Waals surface area contributed by atoms with E-state index in [0.29, 0.717) is 5.95 Å². The molecule has 0 aliphatic carbocycles. The zero-order valence-electron chi connectivity index (χ0n) is 26.1. The summed E-state index contributed by atoms with van der Waals surface area (Å²) in [7, 11) is 0. The summed E-state index contributed by atoms with van der Waals surface area (Å²) in [5, 5.41) is 7.95. The number of benzene rings is 7. The maximum atomic E-state index is 6.79. The minimum Gasteiger partial charge on any atom is -0.455 e. The summed E-state index contributed by atoms with van der Waals surface area (Å²) >= 11 is 1.83. The summed E-state index contributed by atoms with van der Waals surface area (Å²) in [6, 6.07) is 53.2. The maximum absolute atomic E-state index is 6.79. The van der Waals surface area contributed by atoms with Gasteiger partial charge in [0, 0.05) is 47.3 Å². The predicted octanol–water partition coefficient (Wildman–Crippen LogP) is 12.3. The largest absolute Gasteiger partial charge is 0.455 e. The van der Waals surface area contributed by atoms with Gasteiger partial charge in [-0.1, -0.05) is 127 Å². The molecule has 0 bridgehead atoms.